The van der Waals surface area contributed by atoms with E-state index in [9.17, 15) is 4.79 Å². The van der Waals surface area contributed by atoms with Crippen molar-refractivity contribution in [2.75, 3.05) is 14.2 Å². The summed E-state index contributed by atoms with van der Waals surface area (Å²) >= 11 is 6.17. The number of rotatable bonds is 7. The Bertz CT molecular complexity index is 1050. The predicted molar refractivity (Wildman–Crippen MR) is 118 cm³/mol. The van der Waals surface area contributed by atoms with E-state index in [-0.39, 0.29) is 5.91 Å². The topological polar surface area (TPSA) is 65.4 Å². The number of ether oxygens (including phenoxy) is 2. The van der Waals surface area contributed by atoms with Gasteiger partial charge in [-0.05, 0) is 47.9 Å². The number of amides is 1. The standard InChI is InChI=1S/C23H24ClN3O3/c1-15-5-6-16(11-20(15)24)7-8-21(28)26-22(23-25-9-10-27(23)2)17-12-18(29-3)14-19(13-17)30-4/h5-14,22H,1-4H3,(H,26,28)/b8-7+. The zero-order valence-corrected chi connectivity index (χ0v) is 18.1. The van der Waals surface area contributed by atoms with Crippen LogP contribution >= 0.6 is 11.6 Å². The Kier molecular flexibility index (Phi) is 6.79. The highest BCUT2D eigenvalue weighted by molar-refractivity contribution is 6.31. The van der Waals surface area contributed by atoms with Crippen molar-refractivity contribution in [2.45, 2.75) is 13.0 Å². The van der Waals surface area contributed by atoms with E-state index in [0.29, 0.717) is 22.3 Å². The number of nitrogens with one attached hydrogen (secondary N) is 1. The number of benzene rings is 2. The summed E-state index contributed by atoms with van der Waals surface area (Å²) in [5, 5.41) is 3.68. The summed E-state index contributed by atoms with van der Waals surface area (Å²) in [4.78, 5) is 17.2. The largest absolute Gasteiger partial charge is 0.497 e. The third kappa shape index (κ3) is 5.02. The van der Waals surface area contributed by atoms with Gasteiger partial charge in [-0.3, -0.25) is 4.79 Å². The van der Waals surface area contributed by atoms with Crippen molar-refractivity contribution in [3.05, 3.63) is 82.4 Å². The molecule has 7 heteroatoms. The maximum atomic E-state index is 12.7. The van der Waals surface area contributed by atoms with Crippen LogP contribution in [-0.4, -0.2) is 29.7 Å². The summed E-state index contributed by atoms with van der Waals surface area (Å²) in [6.07, 6.45) is 6.72. The van der Waals surface area contributed by atoms with Crippen molar-refractivity contribution >= 4 is 23.6 Å². The van der Waals surface area contributed by atoms with Gasteiger partial charge in [0.25, 0.3) is 0 Å². The van der Waals surface area contributed by atoms with Crippen molar-refractivity contribution < 1.29 is 14.3 Å². The summed E-state index contributed by atoms with van der Waals surface area (Å²) in [5.74, 6) is 1.68. The molecule has 1 atom stereocenters. The highest BCUT2D eigenvalue weighted by atomic mass is 35.5. The molecule has 6 nitrogen and oxygen atoms in total. The first kappa shape index (κ1) is 21.5. The van der Waals surface area contributed by atoms with Crippen LogP contribution in [0.1, 0.15) is 28.6 Å². The van der Waals surface area contributed by atoms with Crippen LogP contribution in [0.2, 0.25) is 5.02 Å². The number of hydrogen-bond donors (Lipinski definition) is 1. The van der Waals surface area contributed by atoms with Crippen molar-refractivity contribution in [3.8, 4) is 11.5 Å². The molecule has 0 radical (unpaired) electrons. The van der Waals surface area contributed by atoms with Gasteiger partial charge >= 0.3 is 0 Å². The fourth-order valence-electron chi connectivity index (χ4n) is 3.02. The minimum absolute atomic E-state index is 0.263. The van der Waals surface area contributed by atoms with Gasteiger partial charge < -0.3 is 19.4 Å². The average molecular weight is 426 g/mol. The first-order valence-corrected chi connectivity index (χ1v) is 9.74. The Labute approximate surface area is 181 Å². The first-order chi connectivity index (χ1) is 14.4. The summed E-state index contributed by atoms with van der Waals surface area (Å²) in [6, 6.07) is 10.6. The number of nitrogens with zero attached hydrogens (tertiary/aromatic N) is 2. The molecule has 1 aromatic heterocycles. The molecule has 1 unspecified atom stereocenters. The summed E-state index contributed by atoms with van der Waals surface area (Å²) in [5.41, 5.74) is 2.62. The van der Waals surface area contributed by atoms with Crippen molar-refractivity contribution in [2.24, 2.45) is 7.05 Å². The van der Waals surface area contributed by atoms with E-state index in [1.54, 1.807) is 32.6 Å². The molecule has 1 amide bonds. The molecule has 3 aromatic rings. The number of imidazole rings is 1. The molecule has 0 saturated heterocycles. The smallest absolute Gasteiger partial charge is 0.244 e. The van der Waals surface area contributed by atoms with Gasteiger partial charge in [-0.2, -0.15) is 0 Å². The van der Waals surface area contributed by atoms with Crippen LogP contribution in [0.4, 0.5) is 0 Å². The number of hydrogen-bond acceptors (Lipinski definition) is 4. The maximum absolute atomic E-state index is 12.7. The van der Waals surface area contributed by atoms with E-state index in [1.165, 1.54) is 6.08 Å². The van der Waals surface area contributed by atoms with Gasteiger partial charge in [-0.1, -0.05) is 23.7 Å². The number of aromatic nitrogens is 2. The molecular formula is C23H24ClN3O3. The van der Waals surface area contributed by atoms with Crippen LogP contribution in [0, 0.1) is 6.92 Å². The molecule has 156 valence electrons. The zero-order valence-electron chi connectivity index (χ0n) is 17.3. The van der Waals surface area contributed by atoms with Crippen LogP contribution in [0.15, 0.2) is 54.9 Å². The molecule has 0 saturated carbocycles. The number of carbonyl (C=O) groups excluding carboxylic acids is 1. The number of aryl methyl sites for hydroxylation is 2. The van der Waals surface area contributed by atoms with Crippen LogP contribution in [0.3, 0.4) is 0 Å². The zero-order chi connectivity index (χ0) is 21.7. The van der Waals surface area contributed by atoms with Gasteiger partial charge in [0.15, 0.2) is 0 Å². The minimum atomic E-state index is -0.493. The number of halogens is 1. The van der Waals surface area contributed by atoms with Crippen LogP contribution in [-0.2, 0) is 11.8 Å². The molecule has 0 aliphatic heterocycles. The highest BCUT2D eigenvalue weighted by Crippen LogP contribution is 2.29. The molecule has 30 heavy (non-hydrogen) atoms. The van der Waals surface area contributed by atoms with Crippen molar-refractivity contribution in [3.63, 3.8) is 0 Å². The fraction of sp³-hybridized carbons (Fsp3) is 0.217. The van der Waals surface area contributed by atoms with E-state index in [4.69, 9.17) is 21.1 Å². The third-order valence-corrected chi connectivity index (χ3v) is 5.14. The second kappa shape index (κ2) is 9.50. The molecule has 0 aliphatic carbocycles. The molecule has 0 fully saturated rings. The van der Waals surface area contributed by atoms with E-state index in [0.717, 1.165) is 16.7 Å². The number of methoxy groups -OCH3 is 2. The lowest BCUT2D eigenvalue weighted by molar-refractivity contribution is -0.117. The molecule has 0 bridgehead atoms. The molecule has 1 N–H and O–H groups in total. The quantitative estimate of drug-likeness (QED) is 0.572. The van der Waals surface area contributed by atoms with E-state index < -0.39 is 6.04 Å². The molecule has 0 aliphatic rings. The van der Waals surface area contributed by atoms with Gasteiger partial charge in [-0.15, -0.1) is 0 Å². The van der Waals surface area contributed by atoms with E-state index >= 15 is 0 Å². The van der Waals surface area contributed by atoms with Crippen molar-refractivity contribution in [1.29, 1.82) is 0 Å². The maximum Gasteiger partial charge on any atom is 0.244 e. The summed E-state index contributed by atoms with van der Waals surface area (Å²) in [6.45, 7) is 1.93. The van der Waals surface area contributed by atoms with Gasteiger partial charge in [0, 0.05) is 36.6 Å². The molecule has 0 spiro atoms. The highest BCUT2D eigenvalue weighted by Gasteiger charge is 2.21. The number of carbonyl (C=O) groups is 1. The SMILES string of the molecule is COc1cc(OC)cc(C(NC(=O)/C=C/c2ccc(C)c(Cl)c2)c2nccn2C)c1. The Morgan fingerprint density at radius 2 is 1.87 bits per heavy atom. The second-order valence-corrected chi connectivity index (χ2v) is 7.23. The molecular weight excluding hydrogens is 402 g/mol. The van der Waals surface area contributed by atoms with Crippen molar-refractivity contribution in [1.82, 2.24) is 14.9 Å². The first-order valence-electron chi connectivity index (χ1n) is 9.36. The summed E-state index contributed by atoms with van der Waals surface area (Å²) < 4.78 is 12.6. The van der Waals surface area contributed by atoms with E-state index in [1.807, 2.05) is 55.1 Å². The lowest BCUT2D eigenvalue weighted by Gasteiger charge is -2.20. The van der Waals surface area contributed by atoms with Crippen LogP contribution in [0.5, 0.6) is 11.5 Å². The Hall–Kier alpha value is -3.25. The monoisotopic (exact) mass is 425 g/mol. The third-order valence-electron chi connectivity index (χ3n) is 4.73. The van der Waals surface area contributed by atoms with Gasteiger partial charge in [0.2, 0.25) is 5.91 Å². The minimum Gasteiger partial charge on any atom is -0.497 e. The van der Waals surface area contributed by atoms with Crippen LogP contribution in [0.25, 0.3) is 6.08 Å². The van der Waals surface area contributed by atoms with Gasteiger partial charge in [-0.25, -0.2) is 4.98 Å². The molecule has 3 rings (SSSR count). The van der Waals surface area contributed by atoms with Gasteiger partial charge in [0.1, 0.15) is 23.4 Å². The Balaban J connectivity index is 1.90. The molecule has 2 aromatic carbocycles. The average Bonchev–Trinajstić information content (AvgIpc) is 3.17. The lowest BCUT2D eigenvalue weighted by Crippen LogP contribution is -2.29. The Morgan fingerprint density at radius 1 is 1.17 bits per heavy atom. The summed E-state index contributed by atoms with van der Waals surface area (Å²) in [7, 11) is 5.05. The Morgan fingerprint density at radius 3 is 2.43 bits per heavy atom. The lowest BCUT2D eigenvalue weighted by atomic mass is 10.0. The fourth-order valence-corrected chi connectivity index (χ4v) is 3.21. The van der Waals surface area contributed by atoms with Gasteiger partial charge in [0.05, 0.1) is 14.2 Å². The molecule has 1 heterocycles. The van der Waals surface area contributed by atoms with Crippen LogP contribution < -0.4 is 14.8 Å². The normalized spacial score (nSPS) is 12.0. The van der Waals surface area contributed by atoms with E-state index in [2.05, 4.69) is 10.3 Å². The second-order valence-electron chi connectivity index (χ2n) is 6.83. The predicted octanol–water partition coefficient (Wildman–Crippen LogP) is 4.32.